The molecule has 4 rings (SSSR count). The summed E-state index contributed by atoms with van der Waals surface area (Å²) < 4.78 is 11.5. The fourth-order valence-electron chi connectivity index (χ4n) is 3.23. The molecule has 4 aromatic carbocycles. The van der Waals surface area contributed by atoms with E-state index in [1.807, 2.05) is 48.5 Å². The molecule has 0 aliphatic rings. The lowest BCUT2D eigenvalue weighted by molar-refractivity contribution is -0.133. The molecule has 0 unspecified atom stereocenters. The highest BCUT2D eigenvalue weighted by molar-refractivity contribution is 5.96. The molecule has 0 bridgehead atoms. The van der Waals surface area contributed by atoms with Gasteiger partial charge in [-0.25, -0.2) is 0 Å². The maximum atomic E-state index is 11.6. The zero-order valence-corrected chi connectivity index (χ0v) is 16.2. The number of esters is 1. The molecule has 4 nitrogen and oxygen atoms in total. The molecule has 0 atom stereocenters. The number of aromatic hydroxyl groups is 1. The van der Waals surface area contributed by atoms with Gasteiger partial charge in [-0.1, -0.05) is 42.5 Å². The van der Waals surface area contributed by atoms with Crippen molar-refractivity contribution in [1.29, 1.82) is 0 Å². The largest absolute Gasteiger partial charge is 0.508 e. The molecule has 30 heavy (non-hydrogen) atoms. The molecule has 1 N–H and O–H groups in total. The molecule has 0 saturated carbocycles. The van der Waals surface area contributed by atoms with Crippen LogP contribution in [0.5, 0.6) is 23.0 Å². The van der Waals surface area contributed by atoms with Crippen LogP contribution in [0, 0.1) is 0 Å². The summed E-state index contributed by atoms with van der Waals surface area (Å²) in [7, 11) is 0. The van der Waals surface area contributed by atoms with Crippen molar-refractivity contribution in [2.24, 2.45) is 0 Å². The van der Waals surface area contributed by atoms with E-state index in [9.17, 15) is 9.90 Å². The van der Waals surface area contributed by atoms with Crippen LogP contribution in [0.3, 0.4) is 0 Å². The van der Waals surface area contributed by atoms with Crippen LogP contribution in [-0.2, 0) is 4.79 Å². The van der Waals surface area contributed by atoms with Crippen LogP contribution in [0.1, 0.15) is 6.42 Å². The topological polar surface area (TPSA) is 55.8 Å². The van der Waals surface area contributed by atoms with Crippen LogP contribution < -0.4 is 9.47 Å². The van der Waals surface area contributed by atoms with Gasteiger partial charge in [0.2, 0.25) is 0 Å². The van der Waals surface area contributed by atoms with E-state index in [0.29, 0.717) is 17.2 Å². The third-order valence-corrected chi connectivity index (χ3v) is 4.63. The van der Waals surface area contributed by atoms with Crippen LogP contribution >= 0.6 is 0 Å². The minimum absolute atomic E-state index is 0.154. The Morgan fingerprint density at radius 2 is 1.63 bits per heavy atom. The minimum Gasteiger partial charge on any atom is -0.508 e. The normalized spacial score (nSPS) is 10.5. The summed E-state index contributed by atoms with van der Waals surface area (Å²) in [6, 6.07) is 26.0. The molecule has 0 radical (unpaired) electrons. The lowest BCUT2D eigenvalue weighted by atomic mass is 9.99. The van der Waals surface area contributed by atoms with Crippen molar-refractivity contribution in [2.75, 3.05) is 0 Å². The summed E-state index contributed by atoms with van der Waals surface area (Å²) in [5.74, 6) is 1.58. The number of fused-ring (bicyclic) bond motifs is 1. The van der Waals surface area contributed by atoms with Gasteiger partial charge in [-0.3, -0.25) is 4.79 Å². The number of phenolic OH excluding ortho intramolecular Hbond substituents is 1. The zero-order valence-electron chi connectivity index (χ0n) is 16.2. The van der Waals surface area contributed by atoms with Crippen molar-refractivity contribution in [2.45, 2.75) is 6.42 Å². The van der Waals surface area contributed by atoms with Gasteiger partial charge in [0.15, 0.2) is 0 Å². The fourth-order valence-corrected chi connectivity index (χ4v) is 3.23. The van der Waals surface area contributed by atoms with Crippen molar-refractivity contribution in [3.8, 4) is 34.1 Å². The Kier molecular flexibility index (Phi) is 5.48. The Bertz CT molecular complexity index is 1200. The molecule has 0 amide bonds. The van der Waals surface area contributed by atoms with E-state index in [1.165, 1.54) is 6.08 Å². The summed E-state index contributed by atoms with van der Waals surface area (Å²) in [6.07, 6.45) is 1.66. The Balaban J connectivity index is 1.72. The maximum absolute atomic E-state index is 11.6. The summed E-state index contributed by atoms with van der Waals surface area (Å²) in [5.41, 5.74) is 1.97. The highest BCUT2D eigenvalue weighted by Crippen LogP contribution is 2.40. The molecule has 0 aromatic heterocycles. The van der Waals surface area contributed by atoms with Gasteiger partial charge in [0.25, 0.3) is 0 Å². The molecule has 0 aliphatic carbocycles. The van der Waals surface area contributed by atoms with Gasteiger partial charge in [0, 0.05) is 10.9 Å². The maximum Gasteiger partial charge on any atom is 0.315 e. The van der Waals surface area contributed by atoms with Crippen LogP contribution in [0.2, 0.25) is 0 Å². The van der Waals surface area contributed by atoms with E-state index < -0.39 is 0 Å². The quantitative estimate of drug-likeness (QED) is 0.230. The average Bonchev–Trinajstić information content (AvgIpc) is 2.76. The van der Waals surface area contributed by atoms with Gasteiger partial charge in [-0.05, 0) is 59.5 Å². The molecule has 0 aliphatic heterocycles. The van der Waals surface area contributed by atoms with Crippen molar-refractivity contribution >= 4 is 16.7 Å². The number of benzene rings is 4. The zero-order chi connectivity index (χ0) is 20.9. The molecule has 0 saturated heterocycles. The van der Waals surface area contributed by atoms with Crippen molar-refractivity contribution in [3.63, 3.8) is 0 Å². The SMILES string of the molecule is C=CCC(=O)Oc1ccc(Oc2c(-c3ccccc3)ccc3cc(O)ccc23)cc1. The molecular weight excluding hydrogens is 376 g/mol. The van der Waals surface area contributed by atoms with E-state index in [2.05, 4.69) is 6.58 Å². The van der Waals surface area contributed by atoms with E-state index in [0.717, 1.165) is 21.9 Å². The van der Waals surface area contributed by atoms with Gasteiger partial charge in [-0.2, -0.15) is 0 Å². The van der Waals surface area contributed by atoms with Gasteiger partial charge in [0.1, 0.15) is 23.0 Å². The number of phenols is 1. The average molecular weight is 396 g/mol. The number of carbonyl (C=O) groups is 1. The number of rotatable bonds is 6. The number of carbonyl (C=O) groups excluding carboxylic acids is 1. The Labute approximate surface area is 174 Å². The Morgan fingerprint density at radius 3 is 2.37 bits per heavy atom. The Morgan fingerprint density at radius 1 is 0.900 bits per heavy atom. The van der Waals surface area contributed by atoms with E-state index in [4.69, 9.17) is 9.47 Å². The second-order valence-electron chi connectivity index (χ2n) is 6.75. The van der Waals surface area contributed by atoms with E-state index in [1.54, 1.807) is 36.4 Å². The fraction of sp³-hybridized carbons (Fsp3) is 0.0385. The first kappa shape index (κ1) is 19.3. The van der Waals surface area contributed by atoms with Crippen LogP contribution in [-0.4, -0.2) is 11.1 Å². The van der Waals surface area contributed by atoms with Crippen LogP contribution in [0.25, 0.3) is 21.9 Å². The molecule has 4 heteroatoms. The predicted octanol–water partition coefficient (Wildman–Crippen LogP) is 6.49. The summed E-state index contributed by atoms with van der Waals surface area (Å²) >= 11 is 0. The van der Waals surface area contributed by atoms with Crippen molar-refractivity contribution in [3.05, 3.63) is 97.6 Å². The van der Waals surface area contributed by atoms with E-state index in [-0.39, 0.29) is 18.1 Å². The standard InChI is InChI=1S/C26H20O4/c1-2-6-25(28)29-21-11-13-22(14-12-21)30-26-23(18-7-4-3-5-8-18)15-9-19-17-20(27)10-16-24(19)26/h2-5,7-17,27H,1,6H2. The first-order valence-corrected chi connectivity index (χ1v) is 9.55. The smallest absolute Gasteiger partial charge is 0.315 e. The lowest BCUT2D eigenvalue weighted by Gasteiger charge is -2.15. The highest BCUT2D eigenvalue weighted by atomic mass is 16.5. The number of hydrogen-bond acceptors (Lipinski definition) is 4. The van der Waals surface area contributed by atoms with Gasteiger partial charge in [0.05, 0.1) is 6.42 Å². The molecule has 4 aromatic rings. The third kappa shape index (κ3) is 4.18. The second kappa shape index (κ2) is 8.53. The Hall–Kier alpha value is -4.05. The summed E-state index contributed by atoms with van der Waals surface area (Å²) in [4.78, 5) is 11.6. The monoisotopic (exact) mass is 396 g/mol. The number of ether oxygens (including phenoxy) is 2. The van der Waals surface area contributed by atoms with Crippen molar-refractivity contribution in [1.82, 2.24) is 0 Å². The summed E-state index contributed by atoms with van der Waals surface area (Å²) in [6.45, 7) is 3.53. The van der Waals surface area contributed by atoms with Crippen LogP contribution in [0.15, 0.2) is 97.6 Å². The first-order valence-electron chi connectivity index (χ1n) is 9.55. The third-order valence-electron chi connectivity index (χ3n) is 4.63. The van der Waals surface area contributed by atoms with Gasteiger partial charge >= 0.3 is 5.97 Å². The van der Waals surface area contributed by atoms with Crippen molar-refractivity contribution < 1.29 is 19.4 Å². The predicted molar refractivity (Wildman–Crippen MR) is 118 cm³/mol. The van der Waals surface area contributed by atoms with E-state index >= 15 is 0 Å². The van der Waals surface area contributed by atoms with Gasteiger partial charge < -0.3 is 14.6 Å². The second-order valence-corrected chi connectivity index (χ2v) is 6.75. The molecule has 0 spiro atoms. The first-order chi connectivity index (χ1) is 14.6. The van der Waals surface area contributed by atoms with Crippen LogP contribution in [0.4, 0.5) is 0 Å². The highest BCUT2D eigenvalue weighted by Gasteiger charge is 2.13. The molecular formula is C26H20O4. The van der Waals surface area contributed by atoms with Gasteiger partial charge in [-0.15, -0.1) is 6.58 Å². The molecule has 0 heterocycles. The summed E-state index contributed by atoms with van der Waals surface area (Å²) in [5, 5.41) is 11.6. The molecule has 0 fully saturated rings. The number of hydrogen-bond donors (Lipinski definition) is 1. The molecule has 148 valence electrons. The lowest BCUT2D eigenvalue weighted by Crippen LogP contribution is -2.05. The minimum atomic E-state index is -0.362.